The van der Waals surface area contributed by atoms with E-state index in [9.17, 15) is 4.79 Å². The van der Waals surface area contributed by atoms with Gasteiger partial charge in [0.15, 0.2) is 0 Å². The van der Waals surface area contributed by atoms with Gasteiger partial charge in [0.25, 0.3) is 0 Å². The fourth-order valence-corrected chi connectivity index (χ4v) is 3.24. The van der Waals surface area contributed by atoms with Crippen LogP contribution in [0.25, 0.3) is 6.08 Å². The highest BCUT2D eigenvalue weighted by atomic mass is 35.5. The largest absolute Gasteiger partial charge is 0.481 e. The second-order valence-electron chi connectivity index (χ2n) is 6.39. The van der Waals surface area contributed by atoms with Crippen LogP contribution in [0.4, 0.5) is 10.5 Å². The predicted octanol–water partition coefficient (Wildman–Crippen LogP) is 4.70. The lowest BCUT2D eigenvalue weighted by atomic mass is 9.91. The highest BCUT2D eigenvalue weighted by molar-refractivity contribution is 6.30. The predicted molar refractivity (Wildman–Crippen MR) is 105 cm³/mol. The molecule has 26 heavy (non-hydrogen) atoms. The summed E-state index contributed by atoms with van der Waals surface area (Å²) in [6, 6.07) is 11.2. The first-order chi connectivity index (χ1) is 12.5. The fourth-order valence-electron chi connectivity index (χ4n) is 3.04. The summed E-state index contributed by atoms with van der Waals surface area (Å²) in [5.41, 5.74) is 3.09. The van der Waals surface area contributed by atoms with Gasteiger partial charge in [-0.1, -0.05) is 42.3 Å². The minimum absolute atomic E-state index is 0.106. The molecule has 1 N–H and O–H groups in total. The van der Waals surface area contributed by atoms with Gasteiger partial charge < -0.3 is 15.0 Å². The zero-order chi connectivity index (χ0) is 18.5. The van der Waals surface area contributed by atoms with E-state index in [-0.39, 0.29) is 6.03 Å². The van der Waals surface area contributed by atoms with Crippen molar-refractivity contribution in [2.24, 2.45) is 5.92 Å². The number of methoxy groups -OCH3 is 1. The SMILES string of the molecule is COc1ccc(NC(=O)N2CCC(=Cc3cccc(Cl)c3)C(C)C2)cn1. The molecule has 0 spiro atoms. The maximum Gasteiger partial charge on any atom is 0.321 e. The molecule has 1 atom stereocenters. The number of urea groups is 1. The zero-order valence-electron chi connectivity index (χ0n) is 14.9. The number of amides is 2. The van der Waals surface area contributed by atoms with Crippen LogP contribution in [-0.4, -0.2) is 36.1 Å². The maximum absolute atomic E-state index is 12.5. The normalized spacial score (nSPS) is 18.7. The van der Waals surface area contributed by atoms with E-state index in [1.807, 2.05) is 29.2 Å². The Balaban J connectivity index is 1.61. The number of aromatic nitrogens is 1. The van der Waals surface area contributed by atoms with Crippen molar-refractivity contribution in [3.63, 3.8) is 0 Å². The number of hydrogen-bond donors (Lipinski definition) is 1. The average Bonchev–Trinajstić information content (AvgIpc) is 2.64. The Bertz CT molecular complexity index is 805. The lowest BCUT2D eigenvalue weighted by molar-refractivity contribution is 0.198. The fraction of sp³-hybridized carbons (Fsp3) is 0.300. The van der Waals surface area contributed by atoms with Crippen molar-refractivity contribution in [1.82, 2.24) is 9.88 Å². The van der Waals surface area contributed by atoms with E-state index in [1.165, 1.54) is 5.57 Å². The zero-order valence-corrected chi connectivity index (χ0v) is 15.7. The van der Waals surface area contributed by atoms with Crippen LogP contribution in [0.5, 0.6) is 5.88 Å². The summed E-state index contributed by atoms with van der Waals surface area (Å²) in [5.74, 6) is 0.813. The van der Waals surface area contributed by atoms with Crippen molar-refractivity contribution >= 4 is 29.4 Å². The first-order valence-electron chi connectivity index (χ1n) is 8.57. The molecule has 2 aromatic rings. The molecular weight excluding hydrogens is 350 g/mol. The molecule has 1 aromatic carbocycles. The van der Waals surface area contributed by atoms with E-state index in [2.05, 4.69) is 23.3 Å². The Morgan fingerprint density at radius 1 is 1.38 bits per heavy atom. The van der Waals surface area contributed by atoms with Crippen molar-refractivity contribution < 1.29 is 9.53 Å². The molecule has 1 aliphatic heterocycles. The van der Waals surface area contributed by atoms with Crippen molar-refractivity contribution in [3.05, 3.63) is 58.8 Å². The molecule has 5 nitrogen and oxygen atoms in total. The lowest BCUT2D eigenvalue weighted by Crippen LogP contribution is -2.42. The van der Waals surface area contributed by atoms with Gasteiger partial charge in [-0.05, 0) is 36.1 Å². The molecular formula is C20H22ClN3O2. The molecule has 2 heterocycles. The molecule has 2 amide bonds. The van der Waals surface area contributed by atoms with E-state index in [4.69, 9.17) is 16.3 Å². The molecule has 1 unspecified atom stereocenters. The lowest BCUT2D eigenvalue weighted by Gasteiger charge is -2.33. The Morgan fingerprint density at radius 2 is 2.23 bits per heavy atom. The van der Waals surface area contributed by atoms with Crippen molar-refractivity contribution in [1.29, 1.82) is 0 Å². The molecule has 0 aliphatic carbocycles. The van der Waals surface area contributed by atoms with E-state index in [1.54, 1.807) is 25.4 Å². The van der Waals surface area contributed by atoms with Crippen molar-refractivity contribution in [2.75, 3.05) is 25.5 Å². The number of hydrogen-bond acceptors (Lipinski definition) is 3. The molecule has 1 saturated heterocycles. The standard InChI is InChI=1S/C20H22ClN3O2/c1-14-13-24(20(25)23-18-6-7-19(26-2)22-12-18)9-8-16(14)10-15-4-3-5-17(21)11-15/h3-7,10-12,14H,8-9,13H2,1-2H3,(H,23,25). The quantitative estimate of drug-likeness (QED) is 0.850. The Hall–Kier alpha value is -2.53. The van der Waals surface area contributed by atoms with Crippen LogP contribution in [0.3, 0.4) is 0 Å². The molecule has 1 aromatic heterocycles. The van der Waals surface area contributed by atoms with Gasteiger partial charge in [-0.25, -0.2) is 9.78 Å². The van der Waals surface area contributed by atoms with Crippen LogP contribution in [0.1, 0.15) is 18.9 Å². The molecule has 136 valence electrons. The van der Waals surface area contributed by atoms with Gasteiger partial charge in [0.05, 0.1) is 19.0 Å². The molecule has 6 heteroatoms. The molecule has 1 aliphatic rings. The summed E-state index contributed by atoms with van der Waals surface area (Å²) < 4.78 is 5.02. The number of carbonyl (C=O) groups excluding carboxylic acids is 1. The first kappa shape index (κ1) is 18.3. The number of nitrogens with one attached hydrogen (secondary N) is 1. The van der Waals surface area contributed by atoms with Crippen molar-refractivity contribution in [2.45, 2.75) is 13.3 Å². The summed E-state index contributed by atoms with van der Waals surface area (Å²) in [4.78, 5) is 18.4. The summed E-state index contributed by atoms with van der Waals surface area (Å²) in [6.07, 6.45) is 4.62. The summed E-state index contributed by atoms with van der Waals surface area (Å²) >= 11 is 6.06. The smallest absolute Gasteiger partial charge is 0.321 e. The van der Waals surface area contributed by atoms with Gasteiger partial charge in [0.1, 0.15) is 0 Å². The number of rotatable bonds is 3. The van der Waals surface area contributed by atoms with Crippen LogP contribution in [0.15, 0.2) is 48.2 Å². The number of ether oxygens (including phenoxy) is 1. The highest BCUT2D eigenvalue weighted by Gasteiger charge is 2.24. The van der Waals surface area contributed by atoms with Gasteiger partial charge in [-0.3, -0.25) is 0 Å². The number of pyridine rings is 1. The van der Waals surface area contributed by atoms with Gasteiger partial charge in [-0.15, -0.1) is 0 Å². The monoisotopic (exact) mass is 371 g/mol. The number of carbonyl (C=O) groups is 1. The van der Waals surface area contributed by atoms with Crippen LogP contribution >= 0.6 is 11.6 Å². The van der Waals surface area contributed by atoms with Gasteiger partial charge >= 0.3 is 6.03 Å². The Kier molecular flexibility index (Phi) is 5.78. The van der Waals surface area contributed by atoms with Gasteiger partial charge in [0, 0.05) is 24.2 Å². The Morgan fingerprint density at radius 3 is 2.88 bits per heavy atom. The molecule has 0 saturated carbocycles. The molecule has 1 fully saturated rings. The number of likely N-dealkylation sites (tertiary alicyclic amines) is 1. The third kappa shape index (κ3) is 4.55. The number of anilines is 1. The van der Waals surface area contributed by atoms with E-state index >= 15 is 0 Å². The second-order valence-corrected chi connectivity index (χ2v) is 6.83. The van der Waals surface area contributed by atoms with Crippen LogP contribution in [0, 0.1) is 5.92 Å². The van der Waals surface area contributed by atoms with Crippen LogP contribution < -0.4 is 10.1 Å². The number of nitrogens with zero attached hydrogens (tertiary/aromatic N) is 2. The average molecular weight is 372 g/mol. The third-order valence-corrected chi connectivity index (χ3v) is 4.72. The minimum atomic E-state index is -0.106. The number of benzene rings is 1. The topological polar surface area (TPSA) is 54.5 Å². The summed E-state index contributed by atoms with van der Waals surface area (Å²) in [5, 5.41) is 3.62. The first-order valence-corrected chi connectivity index (χ1v) is 8.95. The van der Waals surface area contributed by atoms with Crippen LogP contribution in [-0.2, 0) is 0 Å². The molecule has 0 radical (unpaired) electrons. The van der Waals surface area contributed by atoms with E-state index in [0.717, 1.165) is 17.0 Å². The number of halogens is 1. The van der Waals surface area contributed by atoms with E-state index in [0.29, 0.717) is 30.6 Å². The maximum atomic E-state index is 12.5. The minimum Gasteiger partial charge on any atom is -0.481 e. The van der Waals surface area contributed by atoms with Gasteiger partial charge in [-0.2, -0.15) is 0 Å². The van der Waals surface area contributed by atoms with E-state index < -0.39 is 0 Å². The Labute approximate surface area is 158 Å². The van der Waals surface area contributed by atoms with Gasteiger partial charge in [0.2, 0.25) is 5.88 Å². The van der Waals surface area contributed by atoms with Crippen molar-refractivity contribution in [3.8, 4) is 5.88 Å². The highest BCUT2D eigenvalue weighted by Crippen LogP contribution is 2.26. The third-order valence-electron chi connectivity index (χ3n) is 4.48. The second kappa shape index (κ2) is 8.23. The number of piperidine rings is 1. The van der Waals surface area contributed by atoms with Crippen LogP contribution in [0.2, 0.25) is 5.02 Å². The molecule has 3 rings (SSSR count). The molecule has 0 bridgehead atoms. The summed E-state index contributed by atoms with van der Waals surface area (Å²) in [6.45, 7) is 3.51. The summed E-state index contributed by atoms with van der Waals surface area (Å²) in [7, 11) is 1.56.